The number of halogens is 6. The summed E-state index contributed by atoms with van der Waals surface area (Å²) in [6, 6.07) is 8.16. The van der Waals surface area contributed by atoms with E-state index in [0.717, 1.165) is 56.8 Å². The number of hydrogen-bond donors (Lipinski definition) is 1. The molecular weight excluding hydrogens is 571 g/mol. The Kier molecular flexibility index (Phi) is 10.3. The van der Waals surface area contributed by atoms with Gasteiger partial charge in [0.1, 0.15) is 5.82 Å². The first kappa shape index (κ1) is 31.0. The molecule has 2 atom stereocenters. The van der Waals surface area contributed by atoms with Gasteiger partial charge in [0.2, 0.25) is 5.91 Å². The maximum Gasteiger partial charge on any atom is 0.419 e. The van der Waals surface area contributed by atoms with Crippen LogP contribution in [0.15, 0.2) is 36.4 Å². The summed E-state index contributed by atoms with van der Waals surface area (Å²) in [6.45, 7) is 5.58. The molecule has 220 valence electrons. The van der Waals surface area contributed by atoms with Crippen LogP contribution < -0.4 is 0 Å². The first-order valence-electron chi connectivity index (χ1n) is 13.3. The van der Waals surface area contributed by atoms with Crippen molar-refractivity contribution < 1.29 is 27.5 Å². The van der Waals surface area contributed by atoms with E-state index in [1.165, 1.54) is 6.07 Å². The fraction of sp³-hybridized carbons (Fsp3) is 0.536. The smallest absolute Gasteiger partial charge is 0.396 e. The molecule has 0 radical (unpaired) electrons. The lowest BCUT2D eigenvalue weighted by molar-refractivity contribution is -0.140. The van der Waals surface area contributed by atoms with Crippen molar-refractivity contribution in [2.45, 2.75) is 31.1 Å². The van der Waals surface area contributed by atoms with Crippen molar-refractivity contribution in [3.05, 3.63) is 69.0 Å². The van der Waals surface area contributed by atoms with Gasteiger partial charge in [-0.1, -0.05) is 35.3 Å². The highest BCUT2D eigenvalue weighted by Gasteiger charge is 2.39. The van der Waals surface area contributed by atoms with Crippen LogP contribution in [0.1, 0.15) is 29.0 Å². The predicted octanol–water partition coefficient (Wildman–Crippen LogP) is 4.58. The second-order valence-electron chi connectivity index (χ2n) is 10.6. The molecule has 2 aliphatic heterocycles. The van der Waals surface area contributed by atoms with Gasteiger partial charge < -0.3 is 14.9 Å². The molecule has 2 saturated heterocycles. The van der Waals surface area contributed by atoms with E-state index in [-0.39, 0.29) is 31.0 Å². The fourth-order valence-corrected chi connectivity index (χ4v) is 5.86. The van der Waals surface area contributed by atoms with Gasteiger partial charge in [-0.05, 0) is 48.9 Å². The van der Waals surface area contributed by atoms with Gasteiger partial charge in [-0.15, -0.1) is 0 Å². The van der Waals surface area contributed by atoms with Crippen LogP contribution in [-0.4, -0.2) is 103 Å². The van der Waals surface area contributed by atoms with Crippen molar-refractivity contribution in [1.82, 2.24) is 19.6 Å². The topological polar surface area (TPSA) is 50.3 Å². The Balaban J connectivity index is 1.46. The van der Waals surface area contributed by atoms with Gasteiger partial charge in [0.15, 0.2) is 0 Å². The Morgan fingerprint density at radius 3 is 2.35 bits per heavy atom. The van der Waals surface area contributed by atoms with Crippen molar-refractivity contribution in [3.63, 3.8) is 0 Å². The molecule has 12 heteroatoms. The molecule has 40 heavy (non-hydrogen) atoms. The van der Waals surface area contributed by atoms with Gasteiger partial charge in [-0.25, -0.2) is 4.39 Å². The van der Waals surface area contributed by atoms with Crippen molar-refractivity contribution in [1.29, 1.82) is 0 Å². The lowest BCUT2D eigenvalue weighted by Gasteiger charge is -2.35. The van der Waals surface area contributed by atoms with Crippen molar-refractivity contribution in [2.24, 2.45) is 0 Å². The van der Waals surface area contributed by atoms with Crippen LogP contribution in [0, 0.1) is 5.82 Å². The molecule has 4 rings (SSSR count). The third kappa shape index (κ3) is 7.66. The number of likely N-dealkylation sites (N-methyl/N-ethyl adjacent to an activating group) is 1. The summed E-state index contributed by atoms with van der Waals surface area (Å²) in [5.74, 6) is -1.43. The van der Waals surface area contributed by atoms with E-state index in [2.05, 4.69) is 9.80 Å². The number of benzene rings is 2. The van der Waals surface area contributed by atoms with E-state index < -0.39 is 17.6 Å². The predicted molar refractivity (Wildman–Crippen MR) is 147 cm³/mol. The minimum absolute atomic E-state index is 0.00495. The molecule has 2 aliphatic rings. The van der Waals surface area contributed by atoms with Crippen LogP contribution in [-0.2, 0) is 17.5 Å². The number of hydrogen-bond acceptors (Lipinski definition) is 5. The number of aliphatic hydroxyl groups is 1. The normalized spacial score (nSPS) is 21.0. The van der Waals surface area contributed by atoms with Crippen LogP contribution in [0.3, 0.4) is 0 Å². The molecule has 2 aromatic rings. The molecule has 1 amide bonds. The first-order chi connectivity index (χ1) is 19.0. The summed E-state index contributed by atoms with van der Waals surface area (Å²) >= 11 is 12.4. The van der Waals surface area contributed by atoms with Crippen LogP contribution in [0.4, 0.5) is 17.6 Å². The van der Waals surface area contributed by atoms with E-state index in [0.29, 0.717) is 35.2 Å². The summed E-state index contributed by atoms with van der Waals surface area (Å²) in [7, 11) is 1.82. The maximum absolute atomic E-state index is 14.2. The van der Waals surface area contributed by atoms with Crippen molar-refractivity contribution in [3.8, 4) is 0 Å². The number of piperazine rings is 1. The minimum atomic E-state index is -4.76. The summed E-state index contributed by atoms with van der Waals surface area (Å²) < 4.78 is 53.3. The second-order valence-corrected chi connectivity index (χ2v) is 11.4. The largest absolute Gasteiger partial charge is 0.419 e. The molecule has 2 fully saturated rings. The third-order valence-corrected chi connectivity index (χ3v) is 8.55. The van der Waals surface area contributed by atoms with Gasteiger partial charge >= 0.3 is 6.18 Å². The van der Waals surface area contributed by atoms with E-state index in [9.17, 15) is 22.4 Å². The molecule has 0 spiro atoms. The Hall–Kier alpha value is -1.95. The quantitative estimate of drug-likeness (QED) is 0.425. The molecule has 0 bridgehead atoms. The number of nitrogens with zero attached hydrogens (tertiary/aromatic N) is 4. The Labute approximate surface area is 242 Å². The average molecular weight is 606 g/mol. The molecular formula is C28H34Cl2F4N4O2. The van der Waals surface area contributed by atoms with Gasteiger partial charge in [0.25, 0.3) is 0 Å². The summed E-state index contributed by atoms with van der Waals surface area (Å²) in [5.41, 5.74) is 0.0156. The Morgan fingerprint density at radius 1 is 1.02 bits per heavy atom. The first-order valence-corrected chi connectivity index (χ1v) is 14.1. The van der Waals surface area contributed by atoms with E-state index in [1.54, 1.807) is 12.1 Å². The van der Waals surface area contributed by atoms with Crippen molar-refractivity contribution >= 4 is 29.1 Å². The summed E-state index contributed by atoms with van der Waals surface area (Å²) in [5, 5.41) is 9.87. The number of carbonyl (C=O) groups is 1. The molecule has 0 aromatic heterocycles. The zero-order valence-electron chi connectivity index (χ0n) is 22.3. The van der Waals surface area contributed by atoms with Crippen LogP contribution in [0.5, 0.6) is 0 Å². The summed E-state index contributed by atoms with van der Waals surface area (Å²) in [4.78, 5) is 21.6. The zero-order valence-corrected chi connectivity index (χ0v) is 23.8. The molecule has 2 aromatic carbocycles. The second kappa shape index (κ2) is 13.4. The number of likely N-dealkylation sites (tertiary alicyclic amines) is 1. The monoisotopic (exact) mass is 604 g/mol. The van der Waals surface area contributed by atoms with Crippen LogP contribution >= 0.6 is 23.2 Å². The number of rotatable bonds is 9. The summed E-state index contributed by atoms with van der Waals surface area (Å²) in [6.07, 6.45) is -4.03. The molecule has 0 aliphatic carbocycles. The number of aliphatic hydroxyl groups excluding tert-OH is 1. The van der Waals surface area contributed by atoms with E-state index in [4.69, 9.17) is 28.3 Å². The van der Waals surface area contributed by atoms with E-state index in [1.807, 2.05) is 22.9 Å². The van der Waals surface area contributed by atoms with Gasteiger partial charge in [-0.3, -0.25) is 14.6 Å². The number of carbonyl (C=O) groups excluding carboxylic acids is 1. The highest BCUT2D eigenvalue weighted by molar-refractivity contribution is 6.42. The SMILES string of the molecule is CN(Cc1ccc(C(F)(F)F)c(F)c1)[C@@H]1CN(C(=O)CN2CCN(CCCO)CC2)C[C@@H]1c1ccc(Cl)c(Cl)c1. The van der Waals surface area contributed by atoms with Crippen LogP contribution in [0.2, 0.25) is 10.0 Å². The highest BCUT2D eigenvalue weighted by Crippen LogP contribution is 2.36. The van der Waals surface area contributed by atoms with Crippen molar-refractivity contribution in [2.75, 3.05) is 66.0 Å². The number of amides is 1. The average Bonchev–Trinajstić information content (AvgIpc) is 3.35. The Morgan fingerprint density at radius 2 is 1.73 bits per heavy atom. The lowest BCUT2D eigenvalue weighted by atomic mass is 9.93. The molecule has 0 saturated carbocycles. The number of alkyl halides is 3. The lowest BCUT2D eigenvalue weighted by Crippen LogP contribution is -2.50. The van der Waals surface area contributed by atoms with Gasteiger partial charge in [-0.2, -0.15) is 13.2 Å². The Bertz CT molecular complexity index is 1180. The standard InChI is InChI=1S/C28H34Cl2F4N4O2/c1-35(15-19-3-5-22(25(31)13-19)28(32,33)34)26-17-38(16-21(26)20-4-6-23(29)24(30)14-20)27(40)18-37-10-8-36(9-11-37)7-2-12-39/h3-6,13-14,21,26,39H,2,7-12,15-18H2,1H3/t21-,26-/m1/s1. The maximum atomic E-state index is 14.2. The molecule has 6 nitrogen and oxygen atoms in total. The fourth-order valence-electron chi connectivity index (χ4n) is 5.56. The zero-order chi connectivity index (χ0) is 29.0. The van der Waals surface area contributed by atoms with Gasteiger partial charge in [0, 0.05) is 70.9 Å². The minimum Gasteiger partial charge on any atom is -0.396 e. The van der Waals surface area contributed by atoms with E-state index >= 15 is 0 Å². The van der Waals surface area contributed by atoms with Gasteiger partial charge in [0.05, 0.1) is 22.2 Å². The molecule has 0 unspecified atom stereocenters. The molecule has 2 heterocycles. The third-order valence-electron chi connectivity index (χ3n) is 7.81. The van der Waals surface area contributed by atoms with Crippen LogP contribution in [0.25, 0.3) is 0 Å². The molecule has 1 N–H and O–H groups in total. The highest BCUT2D eigenvalue weighted by atomic mass is 35.5.